The zero-order chi connectivity index (χ0) is 14.1. The van der Waals surface area contributed by atoms with Crippen LogP contribution < -0.4 is 21.9 Å². The van der Waals surface area contributed by atoms with Gasteiger partial charge in [-0.3, -0.25) is 0 Å². The lowest BCUT2D eigenvalue weighted by Gasteiger charge is -2.38. The van der Waals surface area contributed by atoms with E-state index in [2.05, 4.69) is 15.3 Å². The molecule has 108 valence electrons. The zero-order valence-electron chi connectivity index (χ0n) is 11.5. The Bertz CT molecular complexity index is 598. The number of nitrogens with two attached hydrogens (primary N) is 2. The van der Waals surface area contributed by atoms with E-state index in [1.807, 2.05) is 12.3 Å². The standard InChI is InChI=1S/C13H20N6O/c1-20-11-7-16-4-3-10(11)19(15)12-8-2-5-17-13(8)18-6-9(12)14/h2,5-6,10-11,16H,3-4,7,14-15H2,1H3,(H,17,18). The lowest BCUT2D eigenvalue weighted by atomic mass is 10.0. The van der Waals surface area contributed by atoms with E-state index < -0.39 is 0 Å². The summed E-state index contributed by atoms with van der Waals surface area (Å²) in [5, 5.41) is 5.98. The number of fused-ring (bicyclic) bond motifs is 1. The maximum absolute atomic E-state index is 6.37. The van der Waals surface area contributed by atoms with E-state index in [9.17, 15) is 0 Å². The van der Waals surface area contributed by atoms with E-state index in [0.29, 0.717) is 5.69 Å². The maximum atomic E-state index is 6.37. The van der Waals surface area contributed by atoms with Crippen molar-refractivity contribution in [1.82, 2.24) is 15.3 Å². The number of hydrazine groups is 1. The number of hydrogen-bond acceptors (Lipinski definition) is 6. The largest absolute Gasteiger partial charge is 0.396 e. The van der Waals surface area contributed by atoms with E-state index >= 15 is 0 Å². The van der Waals surface area contributed by atoms with Crippen molar-refractivity contribution >= 4 is 22.4 Å². The van der Waals surface area contributed by atoms with Gasteiger partial charge in [-0.1, -0.05) is 0 Å². The molecule has 7 nitrogen and oxygen atoms in total. The topological polar surface area (TPSA) is 105 Å². The summed E-state index contributed by atoms with van der Waals surface area (Å²) in [5.41, 5.74) is 8.26. The Morgan fingerprint density at radius 2 is 2.35 bits per heavy atom. The van der Waals surface area contributed by atoms with Crippen molar-refractivity contribution in [3.05, 3.63) is 18.5 Å². The van der Waals surface area contributed by atoms with Gasteiger partial charge in [0.2, 0.25) is 0 Å². The second-order valence-corrected chi connectivity index (χ2v) is 5.04. The molecule has 7 heteroatoms. The summed E-state index contributed by atoms with van der Waals surface area (Å²) in [5.74, 6) is 6.37. The molecule has 2 atom stereocenters. The normalized spacial score (nSPS) is 23.1. The van der Waals surface area contributed by atoms with Gasteiger partial charge in [0.25, 0.3) is 0 Å². The highest BCUT2D eigenvalue weighted by Gasteiger charge is 2.30. The zero-order valence-corrected chi connectivity index (χ0v) is 11.5. The fourth-order valence-corrected chi connectivity index (χ4v) is 2.84. The molecule has 0 aliphatic carbocycles. The number of rotatable bonds is 3. The molecule has 0 radical (unpaired) electrons. The number of nitrogens with zero attached hydrogens (tertiary/aromatic N) is 2. The number of nitrogen functional groups attached to an aromatic ring is 1. The molecule has 3 heterocycles. The number of ether oxygens (including phenoxy) is 1. The number of nitrogens with one attached hydrogen (secondary N) is 2. The van der Waals surface area contributed by atoms with Gasteiger partial charge in [0.05, 0.1) is 29.7 Å². The van der Waals surface area contributed by atoms with Gasteiger partial charge in [-0.25, -0.2) is 10.8 Å². The summed E-state index contributed by atoms with van der Waals surface area (Å²) < 4.78 is 5.53. The Labute approximate surface area is 117 Å². The first-order valence-electron chi connectivity index (χ1n) is 6.71. The van der Waals surface area contributed by atoms with Gasteiger partial charge in [0.1, 0.15) is 5.65 Å². The molecule has 1 aliphatic rings. The molecule has 6 N–H and O–H groups in total. The molecule has 1 aliphatic heterocycles. The van der Waals surface area contributed by atoms with Gasteiger partial charge < -0.3 is 25.8 Å². The van der Waals surface area contributed by atoms with Crippen molar-refractivity contribution in [3.8, 4) is 0 Å². The van der Waals surface area contributed by atoms with Crippen LogP contribution in [-0.2, 0) is 4.74 Å². The lowest BCUT2D eigenvalue weighted by molar-refractivity contribution is 0.0615. The van der Waals surface area contributed by atoms with E-state index in [-0.39, 0.29) is 12.1 Å². The quantitative estimate of drug-likeness (QED) is 0.471. The van der Waals surface area contributed by atoms with Gasteiger partial charge in [-0.15, -0.1) is 0 Å². The number of methoxy groups -OCH3 is 1. The second kappa shape index (κ2) is 5.28. The van der Waals surface area contributed by atoms with E-state index in [1.54, 1.807) is 18.3 Å². The molecule has 0 saturated carbocycles. The van der Waals surface area contributed by atoms with Gasteiger partial charge in [0, 0.05) is 25.2 Å². The van der Waals surface area contributed by atoms with E-state index in [1.165, 1.54) is 0 Å². The molecule has 2 aromatic rings. The lowest BCUT2D eigenvalue weighted by Crippen LogP contribution is -2.56. The first-order chi connectivity index (χ1) is 9.72. The SMILES string of the molecule is COC1CNCCC1N(N)c1c(N)cnc2[nH]ccc12. The average Bonchev–Trinajstić information content (AvgIpc) is 2.94. The van der Waals surface area contributed by atoms with E-state index in [4.69, 9.17) is 16.3 Å². The third kappa shape index (κ3) is 2.09. The fourth-order valence-electron chi connectivity index (χ4n) is 2.84. The van der Waals surface area contributed by atoms with Crippen LogP contribution in [0.25, 0.3) is 11.0 Å². The van der Waals surface area contributed by atoms with Crippen LogP contribution in [0.5, 0.6) is 0 Å². The molecule has 3 rings (SSSR count). The number of aromatic nitrogens is 2. The van der Waals surface area contributed by atoms with Crippen molar-refractivity contribution in [3.63, 3.8) is 0 Å². The highest BCUT2D eigenvalue weighted by atomic mass is 16.5. The molecule has 0 aromatic carbocycles. The van der Waals surface area contributed by atoms with Crippen LogP contribution >= 0.6 is 0 Å². The molecular formula is C13H20N6O. The number of aromatic amines is 1. The van der Waals surface area contributed by atoms with Crippen LogP contribution in [0.15, 0.2) is 18.5 Å². The smallest absolute Gasteiger partial charge is 0.139 e. The average molecular weight is 276 g/mol. The molecule has 1 fully saturated rings. The molecule has 2 aromatic heterocycles. The molecule has 0 bridgehead atoms. The van der Waals surface area contributed by atoms with Crippen molar-refractivity contribution in [2.45, 2.75) is 18.6 Å². The van der Waals surface area contributed by atoms with Crippen molar-refractivity contribution in [2.75, 3.05) is 30.9 Å². The Morgan fingerprint density at radius 1 is 1.50 bits per heavy atom. The first kappa shape index (κ1) is 13.2. The van der Waals surface area contributed by atoms with Gasteiger partial charge >= 0.3 is 0 Å². The first-order valence-corrected chi connectivity index (χ1v) is 6.71. The Hall–Kier alpha value is -1.83. The van der Waals surface area contributed by atoms with Gasteiger partial charge in [0.15, 0.2) is 0 Å². The third-order valence-corrected chi connectivity index (χ3v) is 3.90. The van der Waals surface area contributed by atoms with Crippen LogP contribution in [0.1, 0.15) is 6.42 Å². The van der Waals surface area contributed by atoms with Crippen molar-refractivity contribution in [2.24, 2.45) is 5.84 Å². The Balaban J connectivity index is 2.00. The molecule has 20 heavy (non-hydrogen) atoms. The second-order valence-electron chi connectivity index (χ2n) is 5.04. The summed E-state index contributed by atoms with van der Waals surface area (Å²) in [6, 6.07) is 2.03. The van der Waals surface area contributed by atoms with Crippen LogP contribution in [0.4, 0.5) is 11.4 Å². The fraction of sp³-hybridized carbons (Fsp3) is 0.462. The number of hydrogen-bond donors (Lipinski definition) is 4. The van der Waals surface area contributed by atoms with Crippen molar-refractivity contribution in [1.29, 1.82) is 0 Å². The van der Waals surface area contributed by atoms with Crippen LogP contribution in [0.3, 0.4) is 0 Å². The van der Waals surface area contributed by atoms with Crippen LogP contribution in [0, 0.1) is 0 Å². The summed E-state index contributed by atoms with van der Waals surface area (Å²) in [4.78, 5) is 7.34. The maximum Gasteiger partial charge on any atom is 0.139 e. The molecule has 0 spiro atoms. The highest BCUT2D eigenvalue weighted by Crippen LogP contribution is 2.32. The third-order valence-electron chi connectivity index (χ3n) is 3.90. The summed E-state index contributed by atoms with van der Waals surface area (Å²) >= 11 is 0. The van der Waals surface area contributed by atoms with Crippen molar-refractivity contribution < 1.29 is 4.74 Å². The minimum Gasteiger partial charge on any atom is -0.396 e. The summed E-state index contributed by atoms with van der Waals surface area (Å²) in [7, 11) is 1.71. The number of anilines is 2. The highest BCUT2D eigenvalue weighted by molar-refractivity contribution is 5.96. The molecule has 1 saturated heterocycles. The molecule has 2 unspecified atom stereocenters. The monoisotopic (exact) mass is 276 g/mol. The number of pyridine rings is 1. The van der Waals surface area contributed by atoms with Crippen LogP contribution in [-0.4, -0.2) is 42.3 Å². The summed E-state index contributed by atoms with van der Waals surface area (Å²) in [6.45, 7) is 1.70. The van der Waals surface area contributed by atoms with Gasteiger partial charge in [-0.05, 0) is 19.0 Å². The summed E-state index contributed by atoms with van der Waals surface area (Å²) in [6.07, 6.45) is 4.42. The molecule has 0 amide bonds. The predicted molar refractivity (Wildman–Crippen MR) is 79.2 cm³/mol. The number of piperidine rings is 1. The number of H-pyrrole nitrogens is 1. The van der Waals surface area contributed by atoms with Crippen LogP contribution in [0.2, 0.25) is 0 Å². The molecular weight excluding hydrogens is 256 g/mol. The minimum absolute atomic E-state index is 0.0373. The minimum atomic E-state index is 0.0373. The Morgan fingerprint density at radius 3 is 3.15 bits per heavy atom. The predicted octanol–water partition coefficient (Wildman–Crippen LogP) is 0.202. The van der Waals surface area contributed by atoms with Gasteiger partial charge in [-0.2, -0.15) is 0 Å². The Kier molecular flexibility index (Phi) is 3.47. The van der Waals surface area contributed by atoms with E-state index in [0.717, 1.165) is 36.2 Å².